The van der Waals surface area contributed by atoms with Gasteiger partial charge in [-0.05, 0) is 18.6 Å². The Labute approximate surface area is 104 Å². The summed E-state index contributed by atoms with van der Waals surface area (Å²) in [5.74, 6) is 0.705. The lowest BCUT2D eigenvalue weighted by molar-refractivity contribution is 0.416. The predicted octanol–water partition coefficient (Wildman–Crippen LogP) is 2.23. The standard InChI is InChI=1S/C14H12N2O2/c1-9-11(7-15)14(17)16-8-12(9)10-5-3-4-6-13(10)18-2/h3-6,8H,1-2H3,(H,16,17). The van der Waals surface area contributed by atoms with E-state index in [-0.39, 0.29) is 11.1 Å². The number of para-hydroxylation sites is 1. The molecule has 1 aromatic carbocycles. The summed E-state index contributed by atoms with van der Waals surface area (Å²) < 4.78 is 5.28. The molecular formula is C14H12N2O2. The predicted molar refractivity (Wildman–Crippen MR) is 68.5 cm³/mol. The SMILES string of the molecule is COc1ccccc1-c1c[nH]c(=O)c(C#N)c1C. The molecule has 0 aliphatic rings. The number of hydrogen-bond donors (Lipinski definition) is 1. The van der Waals surface area contributed by atoms with Gasteiger partial charge in [0, 0.05) is 17.3 Å². The number of hydrogen-bond acceptors (Lipinski definition) is 3. The fourth-order valence-corrected chi connectivity index (χ4v) is 1.90. The lowest BCUT2D eigenvalue weighted by Crippen LogP contribution is -2.12. The van der Waals surface area contributed by atoms with Crippen LogP contribution in [-0.2, 0) is 0 Å². The lowest BCUT2D eigenvalue weighted by Gasteiger charge is -2.11. The highest BCUT2D eigenvalue weighted by Gasteiger charge is 2.12. The number of nitrogens with zero attached hydrogens (tertiary/aromatic N) is 1. The van der Waals surface area contributed by atoms with Crippen molar-refractivity contribution < 1.29 is 4.74 Å². The minimum Gasteiger partial charge on any atom is -0.496 e. The summed E-state index contributed by atoms with van der Waals surface area (Å²) in [6.07, 6.45) is 1.61. The molecule has 0 atom stereocenters. The van der Waals surface area contributed by atoms with Crippen LogP contribution < -0.4 is 10.3 Å². The second-order valence-electron chi connectivity index (χ2n) is 3.84. The molecule has 1 heterocycles. The zero-order valence-electron chi connectivity index (χ0n) is 10.2. The molecule has 90 valence electrons. The quantitative estimate of drug-likeness (QED) is 0.875. The van der Waals surface area contributed by atoms with Crippen LogP contribution in [-0.4, -0.2) is 12.1 Å². The van der Waals surface area contributed by atoms with Gasteiger partial charge in [-0.1, -0.05) is 18.2 Å². The number of nitrogens with one attached hydrogen (secondary N) is 1. The molecule has 0 aliphatic carbocycles. The summed E-state index contributed by atoms with van der Waals surface area (Å²) in [7, 11) is 1.59. The molecule has 4 heteroatoms. The van der Waals surface area contributed by atoms with Crippen molar-refractivity contribution in [2.45, 2.75) is 6.92 Å². The molecule has 0 saturated heterocycles. The minimum atomic E-state index is -0.367. The van der Waals surface area contributed by atoms with Gasteiger partial charge in [0.25, 0.3) is 5.56 Å². The van der Waals surface area contributed by atoms with Crippen LogP contribution in [0, 0.1) is 18.3 Å². The van der Waals surface area contributed by atoms with Crippen molar-refractivity contribution in [1.82, 2.24) is 4.98 Å². The average molecular weight is 240 g/mol. The number of benzene rings is 1. The van der Waals surface area contributed by atoms with Crippen molar-refractivity contribution in [2.24, 2.45) is 0 Å². The Hall–Kier alpha value is -2.54. The number of methoxy groups -OCH3 is 1. The van der Waals surface area contributed by atoms with E-state index in [1.807, 2.05) is 30.3 Å². The van der Waals surface area contributed by atoms with E-state index in [0.29, 0.717) is 11.3 Å². The molecule has 0 unspecified atom stereocenters. The van der Waals surface area contributed by atoms with Gasteiger partial charge in [0.05, 0.1) is 7.11 Å². The summed E-state index contributed by atoms with van der Waals surface area (Å²) in [5, 5.41) is 9.00. The number of nitriles is 1. The van der Waals surface area contributed by atoms with Gasteiger partial charge in [-0.2, -0.15) is 5.26 Å². The first-order valence-corrected chi connectivity index (χ1v) is 5.44. The van der Waals surface area contributed by atoms with Crippen molar-refractivity contribution in [1.29, 1.82) is 5.26 Å². The number of H-pyrrole nitrogens is 1. The van der Waals surface area contributed by atoms with Gasteiger partial charge in [0.2, 0.25) is 0 Å². The van der Waals surface area contributed by atoms with E-state index in [2.05, 4.69) is 4.98 Å². The number of rotatable bonds is 2. The van der Waals surface area contributed by atoms with E-state index in [0.717, 1.165) is 11.1 Å². The topological polar surface area (TPSA) is 65.9 Å². The highest BCUT2D eigenvalue weighted by Crippen LogP contribution is 2.31. The number of ether oxygens (including phenoxy) is 1. The normalized spacial score (nSPS) is 9.83. The van der Waals surface area contributed by atoms with Crippen molar-refractivity contribution >= 4 is 0 Å². The van der Waals surface area contributed by atoms with Crippen LogP contribution in [0.2, 0.25) is 0 Å². The second-order valence-corrected chi connectivity index (χ2v) is 3.84. The Morgan fingerprint density at radius 3 is 2.67 bits per heavy atom. The van der Waals surface area contributed by atoms with Crippen LogP contribution in [0.15, 0.2) is 35.3 Å². The highest BCUT2D eigenvalue weighted by atomic mass is 16.5. The van der Waals surface area contributed by atoms with Crippen molar-refractivity contribution in [3.8, 4) is 22.9 Å². The smallest absolute Gasteiger partial charge is 0.266 e. The minimum absolute atomic E-state index is 0.137. The van der Waals surface area contributed by atoms with Gasteiger partial charge in [-0.3, -0.25) is 4.79 Å². The third-order valence-electron chi connectivity index (χ3n) is 2.86. The summed E-state index contributed by atoms with van der Waals surface area (Å²) in [6, 6.07) is 9.41. The molecule has 0 fully saturated rings. The van der Waals surface area contributed by atoms with Crippen molar-refractivity contribution in [3.63, 3.8) is 0 Å². The van der Waals surface area contributed by atoms with Crippen LogP contribution in [0.5, 0.6) is 5.75 Å². The third kappa shape index (κ3) is 1.87. The van der Waals surface area contributed by atoms with E-state index < -0.39 is 0 Å². The Morgan fingerprint density at radius 2 is 2.00 bits per heavy atom. The van der Waals surface area contributed by atoms with Crippen LogP contribution in [0.25, 0.3) is 11.1 Å². The Bertz CT molecular complexity index is 681. The maximum atomic E-state index is 11.5. The molecule has 2 rings (SSSR count). The van der Waals surface area contributed by atoms with Gasteiger partial charge >= 0.3 is 0 Å². The fourth-order valence-electron chi connectivity index (χ4n) is 1.90. The number of aromatic amines is 1. The summed E-state index contributed by atoms with van der Waals surface area (Å²) >= 11 is 0. The summed E-state index contributed by atoms with van der Waals surface area (Å²) in [6.45, 7) is 1.76. The van der Waals surface area contributed by atoms with Gasteiger partial charge < -0.3 is 9.72 Å². The Kier molecular flexibility index (Phi) is 3.16. The van der Waals surface area contributed by atoms with E-state index in [9.17, 15) is 4.79 Å². The van der Waals surface area contributed by atoms with E-state index in [1.54, 1.807) is 20.2 Å². The van der Waals surface area contributed by atoms with Crippen molar-refractivity contribution in [2.75, 3.05) is 7.11 Å². The zero-order chi connectivity index (χ0) is 13.1. The largest absolute Gasteiger partial charge is 0.496 e. The fraction of sp³-hybridized carbons (Fsp3) is 0.143. The highest BCUT2D eigenvalue weighted by molar-refractivity contribution is 5.74. The van der Waals surface area contributed by atoms with Gasteiger partial charge in [-0.15, -0.1) is 0 Å². The van der Waals surface area contributed by atoms with Gasteiger partial charge in [-0.25, -0.2) is 0 Å². The first kappa shape index (κ1) is 11.9. The Morgan fingerprint density at radius 1 is 1.28 bits per heavy atom. The van der Waals surface area contributed by atoms with Gasteiger partial charge in [0.1, 0.15) is 17.4 Å². The van der Waals surface area contributed by atoms with Crippen LogP contribution in [0.3, 0.4) is 0 Å². The molecule has 0 aliphatic heterocycles. The second kappa shape index (κ2) is 4.76. The average Bonchev–Trinajstić information content (AvgIpc) is 2.39. The number of pyridine rings is 1. The molecule has 1 aromatic heterocycles. The maximum Gasteiger partial charge on any atom is 0.266 e. The molecule has 0 bridgehead atoms. The molecule has 2 aromatic rings. The van der Waals surface area contributed by atoms with E-state index in [1.165, 1.54) is 0 Å². The van der Waals surface area contributed by atoms with E-state index in [4.69, 9.17) is 10.00 Å². The van der Waals surface area contributed by atoms with E-state index >= 15 is 0 Å². The zero-order valence-corrected chi connectivity index (χ0v) is 10.2. The first-order valence-electron chi connectivity index (χ1n) is 5.44. The maximum absolute atomic E-state index is 11.5. The van der Waals surface area contributed by atoms with Crippen LogP contribution in [0.4, 0.5) is 0 Å². The molecule has 0 spiro atoms. The molecule has 4 nitrogen and oxygen atoms in total. The van der Waals surface area contributed by atoms with Crippen LogP contribution in [0.1, 0.15) is 11.1 Å². The lowest BCUT2D eigenvalue weighted by atomic mass is 9.99. The number of aromatic nitrogens is 1. The first-order chi connectivity index (χ1) is 8.69. The van der Waals surface area contributed by atoms with Crippen molar-refractivity contribution in [3.05, 3.63) is 51.9 Å². The third-order valence-corrected chi connectivity index (χ3v) is 2.86. The van der Waals surface area contributed by atoms with Crippen LogP contribution >= 0.6 is 0 Å². The molecule has 0 saturated carbocycles. The molecule has 0 amide bonds. The molecule has 1 N–H and O–H groups in total. The summed E-state index contributed by atoms with van der Waals surface area (Å²) in [5.41, 5.74) is 2.08. The Balaban J connectivity index is 2.73. The molecule has 18 heavy (non-hydrogen) atoms. The molecule has 0 radical (unpaired) electrons. The summed E-state index contributed by atoms with van der Waals surface area (Å²) in [4.78, 5) is 14.1. The van der Waals surface area contributed by atoms with Gasteiger partial charge in [0.15, 0.2) is 0 Å². The monoisotopic (exact) mass is 240 g/mol. The molecular weight excluding hydrogens is 228 g/mol.